The van der Waals surface area contributed by atoms with E-state index >= 15 is 0 Å². The summed E-state index contributed by atoms with van der Waals surface area (Å²) in [5.41, 5.74) is 3.65. The lowest BCUT2D eigenvalue weighted by atomic mass is 10.3. The van der Waals surface area contributed by atoms with Gasteiger partial charge in [-0.15, -0.1) is 11.3 Å². The van der Waals surface area contributed by atoms with Crippen LogP contribution in [0.15, 0.2) is 76.2 Å². The van der Waals surface area contributed by atoms with Crippen molar-refractivity contribution in [3.05, 3.63) is 102 Å². The number of nitriles is 1. The zero-order chi connectivity index (χ0) is 21.4. The van der Waals surface area contributed by atoms with Crippen LogP contribution in [0, 0.1) is 11.3 Å². The maximum Gasteiger partial charge on any atom is 0.273 e. The first kappa shape index (κ1) is 19.2. The van der Waals surface area contributed by atoms with Gasteiger partial charge in [-0.25, -0.2) is 4.98 Å². The Morgan fingerprint density at radius 3 is 2.58 bits per heavy atom. The topological polar surface area (TPSA) is 63.6 Å². The van der Waals surface area contributed by atoms with E-state index < -0.39 is 0 Å². The molecule has 2 aromatic carbocycles. The van der Waals surface area contributed by atoms with Crippen LogP contribution in [0.25, 0.3) is 28.4 Å². The van der Waals surface area contributed by atoms with Crippen LogP contribution in [0.1, 0.15) is 11.4 Å². The molecular formula is C24H16N4OS2. The summed E-state index contributed by atoms with van der Waals surface area (Å²) >= 11 is 2.89. The summed E-state index contributed by atoms with van der Waals surface area (Å²) in [5, 5.41) is 14.1. The average Bonchev–Trinajstić information content (AvgIpc) is 3.50. The molecule has 0 saturated heterocycles. The number of para-hydroxylation sites is 3. The average molecular weight is 441 g/mol. The highest BCUT2D eigenvalue weighted by Gasteiger charge is 2.17. The zero-order valence-electron chi connectivity index (χ0n) is 16.5. The van der Waals surface area contributed by atoms with Crippen molar-refractivity contribution in [1.29, 1.82) is 5.26 Å². The van der Waals surface area contributed by atoms with E-state index in [0.29, 0.717) is 20.6 Å². The number of aromatic nitrogens is 3. The first-order valence-electron chi connectivity index (χ1n) is 9.55. The van der Waals surface area contributed by atoms with Crippen molar-refractivity contribution in [1.82, 2.24) is 14.1 Å². The molecule has 0 amide bonds. The van der Waals surface area contributed by atoms with E-state index in [1.165, 1.54) is 11.3 Å². The standard InChI is InChI=1S/C24H16N4OS2/c1-27-20-10-6-5-9-19(20)26-22(27)18(14-25)24-28(17-7-3-2-4-8-17)23(29)21(31-24)13-16-11-12-30-15-16/h2-13,15H,1H3/b21-13-,24-18+. The summed E-state index contributed by atoms with van der Waals surface area (Å²) in [6.45, 7) is 0. The van der Waals surface area contributed by atoms with Gasteiger partial charge in [0.2, 0.25) is 0 Å². The number of rotatable bonds is 3. The van der Waals surface area contributed by atoms with E-state index in [-0.39, 0.29) is 5.56 Å². The molecule has 31 heavy (non-hydrogen) atoms. The largest absolute Gasteiger partial charge is 0.326 e. The van der Waals surface area contributed by atoms with Crippen LogP contribution in [0.4, 0.5) is 0 Å². The number of thiophene rings is 1. The third kappa shape index (κ3) is 3.32. The Morgan fingerprint density at radius 2 is 1.87 bits per heavy atom. The molecule has 5 nitrogen and oxygen atoms in total. The monoisotopic (exact) mass is 440 g/mol. The minimum Gasteiger partial charge on any atom is -0.326 e. The summed E-state index contributed by atoms with van der Waals surface area (Å²) in [6.07, 6.45) is 1.87. The molecule has 0 N–H and O–H groups in total. The number of hydrogen-bond acceptors (Lipinski definition) is 5. The van der Waals surface area contributed by atoms with E-state index in [1.54, 1.807) is 15.9 Å². The number of nitrogens with zero attached hydrogens (tertiary/aromatic N) is 4. The van der Waals surface area contributed by atoms with Gasteiger partial charge in [0.05, 0.1) is 21.3 Å². The normalized spacial score (nSPS) is 12.8. The van der Waals surface area contributed by atoms with E-state index in [4.69, 9.17) is 4.98 Å². The van der Waals surface area contributed by atoms with Crippen LogP contribution in [0.2, 0.25) is 0 Å². The van der Waals surface area contributed by atoms with Crippen molar-refractivity contribution in [3.8, 4) is 11.8 Å². The first-order chi connectivity index (χ1) is 15.2. The minimum absolute atomic E-state index is 0.149. The van der Waals surface area contributed by atoms with Gasteiger partial charge in [-0.3, -0.25) is 9.36 Å². The Kier molecular flexibility index (Phi) is 4.86. The van der Waals surface area contributed by atoms with Crippen LogP contribution < -0.4 is 14.8 Å². The van der Waals surface area contributed by atoms with Gasteiger partial charge < -0.3 is 4.57 Å². The van der Waals surface area contributed by atoms with Crippen molar-refractivity contribution in [2.75, 3.05) is 0 Å². The third-order valence-corrected chi connectivity index (χ3v) is 6.81. The molecule has 0 spiro atoms. The van der Waals surface area contributed by atoms with Gasteiger partial charge in [0, 0.05) is 7.05 Å². The molecule has 3 aromatic heterocycles. The Labute approximate surface area is 185 Å². The lowest BCUT2D eigenvalue weighted by Crippen LogP contribution is -2.31. The highest BCUT2D eigenvalue weighted by molar-refractivity contribution is 7.08. The molecule has 150 valence electrons. The smallest absolute Gasteiger partial charge is 0.273 e. The summed E-state index contributed by atoms with van der Waals surface area (Å²) in [7, 11) is 1.89. The van der Waals surface area contributed by atoms with Crippen LogP contribution in [0.5, 0.6) is 0 Å². The van der Waals surface area contributed by atoms with Crippen molar-refractivity contribution in [3.63, 3.8) is 0 Å². The first-order valence-corrected chi connectivity index (χ1v) is 11.3. The molecule has 0 aliphatic heterocycles. The number of imidazole rings is 1. The van der Waals surface area contributed by atoms with Gasteiger partial charge in [0.1, 0.15) is 16.3 Å². The predicted octanol–water partition coefficient (Wildman–Crippen LogP) is 3.40. The summed E-state index contributed by atoms with van der Waals surface area (Å²) in [5.74, 6) is 0.539. The Hall–Kier alpha value is -3.73. The molecule has 0 saturated carbocycles. The molecule has 0 radical (unpaired) electrons. The maximum atomic E-state index is 13.4. The molecule has 0 aliphatic rings. The van der Waals surface area contributed by atoms with Crippen molar-refractivity contribution < 1.29 is 0 Å². The van der Waals surface area contributed by atoms with Crippen molar-refractivity contribution in [2.45, 2.75) is 0 Å². The number of thiazole rings is 1. The number of hydrogen-bond donors (Lipinski definition) is 0. The Bertz CT molecular complexity index is 1620. The maximum absolute atomic E-state index is 13.4. The molecule has 0 unspecified atom stereocenters. The van der Waals surface area contributed by atoms with E-state index in [9.17, 15) is 10.1 Å². The molecule has 0 bridgehead atoms. The molecular weight excluding hydrogens is 424 g/mol. The van der Waals surface area contributed by atoms with Crippen LogP contribution in [-0.2, 0) is 7.05 Å². The predicted molar refractivity (Wildman–Crippen MR) is 126 cm³/mol. The van der Waals surface area contributed by atoms with Gasteiger partial charge in [0.15, 0.2) is 5.82 Å². The second kappa shape index (κ2) is 7.84. The molecule has 5 aromatic rings. The SMILES string of the molecule is Cn1c(/C(C#N)=c2/s/c(=C\c3ccsc3)c(=O)n2-c2ccccc2)nc2ccccc21. The lowest BCUT2D eigenvalue weighted by Gasteiger charge is -2.04. The van der Waals surface area contributed by atoms with Gasteiger partial charge in [-0.2, -0.15) is 16.6 Å². The molecule has 7 heteroatoms. The molecule has 0 fully saturated rings. The van der Waals surface area contributed by atoms with E-state index in [0.717, 1.165) is 22.3 Å². The summed E-state index contributed by atoms with van der Waals surface area (Å²) < 4.78 is 4.65. The van der Waals surface area contributed by atoms with E-state index in [2.05, 4.69) is 6.07 Å². The highest BCUT2D eigenvalue weighted by atomic mass is 32.1. The van der Waals surface area contributed by atoms with Gasteiger partial charge >= 0.3 is 0 Å². The van der Waals surface area contributed by atoms with Gasteiger partial charge in [-0.1, -0.05) is 30.3 Å². The van der Waals surface area contributed by atoms with Crippen molar-refractivity contribution in [2.24, 2.45) is 7.05 Å². The molecule has 5 rings (SSSR count). The number of aryl methyl sites for hydroxylation is 1. The second-order valence-corrected chi connectivity index (χ2v) is 8.73. The van der Waals surface area contributed by atoms with E-state index in [1.807, 2.05) is 89.1 Å². The summed E-state index contributed by atoms with van der Waals surface area (Å²) in [4.78, 5) is 18.1. The van der Waals surface area contributed by atoms with Crippen molar-refractivity contribution >= 4 is 45.4 Å². The molecule has 3 heterocycles. The quantitative estimate of drug-likeness (QED) is 0.432. The zero-order valence-corrected chi connectivity index (χ0v) is 18.2. The third-order valence-electron chi connectivity index (χ3n) is 5.02. The molecule has 0 aliphatic carbocycles. The Balaban J connectivity index is 1.91. The van der Waals surface area contributed by atoms with Gasteiger partial charge in [-0.05, 0) is 52.7 Å². The number of fused-ring (bicyclic) bond motifs is 1. The fraction of sp³-hybridized carbons (Fsp3) is 0.0417. The van der Waals surface area contributed by atoms with Crippen LogP contribution >= 0.6 is 22.7 Å². The number of benzene rings is 2. The fourth-order valence-corrected chi connectivity index (χ4v) is 5.25. The van der Waals surface area contributed by atoms with Crippen LogP contribution in [-0.4, -0.2) is 14.1 Å². The summed E-state index contributed by atoms with van der Waals surface area (Å²) in [6, 6.07) is 21.4. The fourth-order valence-electron chi connectivity index (χ4n) is 3.53. The van der Waals surface area contributed by atoms with Crippen LogP contribution in [0.3, 0.4) is 0 Å². The van der Waals surface area contributed by atoms with Gasteiger partial charge in [0.25, 0.3) is 5.56 Å². The second-order valence-electron chi connectivity index (χ2n) is 6.92. The molecule has 0 atom stereocenters. The lowest BCUT2D eigenvalue weighted by molar-refractivity contribution is 0.915. The highest BCUT2D eigenvalue weighted by Crippen LogP contribution is 2.19. The Morgan fingerprint density at radius 1 is 1.10 bits per heavy atom. The minimum atomic E-state index is -0.149.